The molecule has 0 heterocycles. The predicted molar refractivity (Wildman–Crippen MR) is 57.7 cm³/mol. The molecule has 1 aliphatic rings. The van der Waals surface area contributed by atoms with Crippen LogP contribution in [0.2, 0.25) is 0 Å². The maximum absolute atomic E-state index is 5.92. The zero-order valence-electron chi connectivity index (χ0n) is 9.05. The number of nitrogens with one attached hydrogen (secondary N) is 1. The third kappa shape index (κ3) is 4.63. The molecule has 1 saturated carbocycles. The van der Waals surface area contributed by atoms with Gasteiger partial charge in [-0.1, -0.05) is 20.3 Å². The van der Waals surface area contributed by atoms with Crippen LogP contribution >= 0.6 is 0 Å². The Bertz CT molecular complexity index is 134. The molecular weight excluding hydrogens is 160 g/mol. The molecule has 0 aromatic heterocycles. The zero-order chi connectivity index (χ0) is 9.68. The average Bonchev–Trinajstić information content (AvgIpc) is 2.03. The van der Waals surface area contributed by atoms with Gasteiger partial charge < -0.3 is 11.1 Å². The Morgan fingerprint density at radius 1 is 1.38 bits per heavy atom. The summed E-state index contributed by atoms with van der Waals surface area (Å²) in [5.74, 6) is 0.810. The summed E-state index contributed by atoms with van der Waals surface area (Å²) in [7, 11) is 0. The van der Waals surface area contributed by atoms with Crippen LogP contribution in [-0.4, -0.2) is 18.6 Å². The molecule has 1 fully saturated rings. The Balaban J connectivity index is 2.06. The van der Waals surface area contributed by atoms with Gasteiger partial charge in [-0.2, -0.15) is 0 Å². The van der Waals surface area contributed by atoms with E-state index in [-0.39, 0.29) is 0 Å². The quantitative estimate of drug-likeness (QED) is 0.700. The number of hydrogen-bond acceptors (Lipinski definition) is 2. The van der Waals surface area contributed by atoms with Gasteiger partial charge in [0.1, 0.15) is 0 Å². The molecular formula is C11H24N2. The largest absolute Gasteiger partial charge is 0.328 e. The average molecular weight is 184 g/mol. The highest BCUT2D eigenvalue weighted by atomic mass is 14.9. The Morgan fingerprint density at radius 2 is 2.15 bits per heavy atom. The van der Waals surface area contributed by atoms with Gasteiger partial charge in [-0.15, -0.1) is 0 Å². The van der Waals surface area contributed by atoms with E-state index in [1.807, 2.05) is 0 Å². The van der Waals surface area contributed by atoms with Crippen molar-refractivity contribution >= 4 is 0 Å². The molecule has 1 rings (SSSR count). The zero-order valence-corrected chi connectivity index (χ0v) is 9.05. The van der Waals surface area contributed by atoms with Gasteiger partial charge in [-0.05, 0) is 38.1 Å². The monoisotopic (exact) mass is 184 g/mol. The molecule has 13 heavy (non-hydrogen) atoms. The molecule has 0 bridgehead atoms. The van der Waals surface area contributed by atoms with Crippen molar-refractivity contribution in [1.29, 1.82) is 0 Å². The second kappa shape index (κ2) is 5.61. The van der Waals surface area contributed by atoms with Crippen LogP contribution in [0.4, 0.5) is 0 Å². The Labute approximate surface area is 82.3 Å². The van der Waals surface area contributed by atoms with Crippen molar-refractivity contribution in [3.8, 4) is 0 Å². The SMILES string of the molecule is CC(C)CCNC1CCCC(N)C1. The minimum atomic E-state index is 0.449. The van der Waals surface area contributed by atoms with E-state index in [0.29, 0.717) is 12.1 Å². The van der Waals surface area contributed by atoms with Crippen LogP contribution in [-0.2, 0) is 0 Å². The van der Waals surface area contributed by atoms with Crippen molar-refractivity contribution in [2.45, 2.75) is 58.0 Å². The molecule has 0 amide bonds. The Kier molecular flexibility index (Phi) is 4.74. The lowest BCUT2D eigenvalue weighted by atomic mass is 9.91. The third-order valence-electron chi connectivity index (χ3n) is 2.87. The van der Waals surface area contributed by atoms with Gasteiger partial charge in [0.15, 0.2) is 0 Å². The van der Waals surface area contributed by atoms with Crippen molar-refractivity contribution in [1.82, 2.24) is 5.32 Å². The lowest BCUT2D eigenvalue weighted by molar-refractivity contribution is 0.333. The van der Waals surface area contributed by atoms with Crippen LogP contribution in [0, 0.1) is 5.92 Å². The summed E-state index contributed by atoms with van der Waals surface area (Å²) < 4.78 is 0. The van der Waals surface area contributed by atoms with Crippen molar-refractivity contribution in [3.05, 3.63) is 0 Å². The summed E-state index contributed by atoms with van der Waals surface area (Å²) >= 11 is 0. The summed E-state index contributed by atoms with van der Waals surface area (Å²) in [6.45, 7) is 5.71. The van der Waals surface area contributed by atoms with Gasteiger partial charge >= 0.3 is 0 Å². The molecule has 0 spiro atoms. The van der Waals surface area contributed by atoms with E-state index in [1.54, 1.807) is 0 Å². The normalized spacial score (nSPS) is 29.5. The number of hydrogen-bond donors (Lipinski definition) is 2. The molecule has 0 radical (unpaired) electrons. The van der Waals surface area contributed by atoms with Crippen LogP contribution < -0.4 is 11.1 Å². The van der Waals surface area contributed by atoms with E-state index in [2.05, 4.69) is 19.2 Å². The summed E-state index contributed by atoms with van der Waals surface area (Å²) in [4.78, 5) is 0. The highest BCUT2D eigenvalue weighted by Gasteiger charge is 2.17. The molecule has 0 saturated heterocycles. The fraction of sp³-hybridized carbons (Fsp3) is 1.00. The van der Waals surface area contributed by atoms with E-state index in [9.17, 15) is 0 Å². The fourth-order valence-corrected chi connectivity index (χ4v) is 1.99. The van der Waals surface area contributed by atoms with Crippen LogP contribution in [0.25, 0.3) is 0 Å². The molecule has 2 atom stereocenters. The van der Waals surface area contributed by atoms with Gasteiger partial charge in [0.2, 0.25) is 0 Å². The fourth-order valence-electron chi connectivity index (χ4n) is 1.99. The Hall–Kier alpha value is -0.0800. The molecule has 1 aliphatic carbocycles. The molecule has 2 unspecified atom stereocenters. The van der Waals surface area contributed by atoms with E-state index in [4.69, 9.17) is 5.73 Å². The van der Waals surface area contributed by atoms with E-state index >= 15 is 0 Å². The first-order chi connectivity index (χ1) is 6.18. The molecule has 3 N–H and O–H groups in total. The van der Waals surface area contributed by atoms with Crippen LogP contribution in [0.1, 0.15) is 46.0 Å². The minimum absolute atomic E-state index is 0.449. The van der Waals surface area contributed by atoms with Gasteiger partial charge in [-0.3, -0.25) is 0 Å². The number of rotatable bonds is 4. The molecule has 2 heteroatoms. The molecule has 0 aromatic carbocycles. The summed E-state index contributed by atoms with van der Waals surface area (Å²) in [6.07, 6.45) is 6.32. The van der Waals surface area contributed by atoms with E-state index < -0.39 is 0 Å². The maximum atomic E-state index is 5.92. The first-order valence-electron chi connectivity index (χ1n) is 5.67. The van der Waals surface area contributed by atoms with Gasteiger partial charge in [0.25, 0.3) is 0 Å². The smallest absolute Gasteiger partial charge is 0.00818 e. The summed E-state index contributed by atoms with van der Waals surface area (Å²) in [5.41, 5.74) is 5.92. The minimum Gasteiger partial charge on any atom is -0.328 e. The van der Waals surface area contributed by atoms with E-state index in [1.165, 1.54) is 32.1 Å². The van der Waals surface area contributed by atoms with Gasteiger partial charge in [0, 0.05) is 12.1 Å². The molecule has 0 aromatic rings. The van der Waals surface area contributed by atoms with Crippen molar-refractivity contribution in [2.75, 3.05) is 6.54 Å². The molecule has 0 aliphatic heterocycles. The van der Waals surface area contributed by atoms with Crippen molar-refractivity contribution in [2.24, 2.45) is 11.7 Å². The van der Waals surface area contributed by atoms with E-state index in [0.717, 1.165) is 12.5 Å². The number of nitrogens with two attached hydrogens (primary N) is 1. The van der Waals surface area contributed by atoms with Crippen LogP contribution in [0.3, 0.4) is 0 Å². The highest BCUT2D eigenvalue weighted by molar-refractivity contribution is 4.79. The summed E-state index contributed by atoms with van der Waals surface area (Å²) in [5, 5.41) is 3.60. The van der Waals surface area contributed by atoms with Crippen molar-refractivity contribution < 1.29 is 0 Å². The third-order valence-corrected chi connectivity index (χ3v) is 2.87. The lowest BCUT2D eigenvalue weighted by Gasteiger charge is -2.27. The molecule has 78 valence electrons. The lowest BCUT2D eigenvalue weighted by Crippen LogP contribution is -2.39. The molecule has 2 nitrogen and oxygen atoms in total. The van der Waals surface area contributed by atoms with Crippen LogP contribution in [0.5, 0.6) is 0 Å². The topological polar surface area (TPSA) is 38.0 Å². The summed E-state index contributed by atoms with van der Waals surface area (Å²) in [6, 6.07) is 1.15. The predicted octanol–water partition coefficient (Wildman–Crippen LogP) is 1.89. The second-order valence-electron chi connectivity index (χ2n) is 4.76. The van der Waals surface area contributed by atoms with Gasteiger partial charge in [0.05, 0.1) is 0 Å². The second-order valence-corrected chi connectivity index (χ2v) is 4.76. The van der Waals surface area contributed by atoms with Crippen molar-refractivity contribution in [3.63, 3.8) is 0 Å². The first-order valence-corrected chi connectivity index (χ1v) is 5.67. The highest BCUT2D eigenvalue weighted by Crippen LogP contribution is 2.16. The maximum Gasteiger partial charge on any atom is 0.00818 e. The Morgan fingerprint density at radius 3 is 2.77 bits per heavy atom. The van der Waals surface area contributed by atoms with Gasteiger partial charge in [-0.25, -0.2) is 0 Å². The first kappa shape index (κ1) is 11.0. The van der Waals surface area contributed by atoms with Crippen LogP contribution in [0.15, 0.2) is 0 Å². The standard InChI is InChI=1S/C11H24N2/c1-9(2)6-7-13-11-5-3-4-10(12)8-11/h9-11,13H,3-8,12H2,1-2H3.